The Balaban J connectivity index is 2.13. The molecule has 0 saturated heterocycles. The third-order valence-electron chi connectivity index (χ3n) is 3.36. The van der Waals surface area contributed by atoms with E-state index in [0.717, 1.165) is 11.1 Å². The largest absolute Gasteiger partial charge is 0.449 e. The van der Waals surface area contributed by atoms with Crippen molar-refractivity contribution in [1.82, 2.24) is 0 Å². The van der Waals surface area contributed by atoms with E-state index in [1.54, 1.807) is 18.2 Å². The maximum Gasteiger partial charge on any atom is 0.228 e. The van der Waals surface area contributed by atoms with Crippen LogP contribution in [0.2, 0.25) is 0 Å². The Bertz CT molecular complexity index is 815. The molecule has 0 bridgehead atoms. The highest BCUT2D eigenvalue weighted by atomic mass is 19.1. The number of hydrogen-bond acceptors (Lipinski definition) is 2. The van der Waals surface area contributed by atoms with Crippen LogP contribution in [0.3, 0.4) is 0 Å². The van der Waals surface area contributed by atoms with E-state index >= 15 is 0 Å². The molecule has 20 heavy (non-hydrogen) atoms. The van der Waals surface area contributed by atoms with Gasteiger partial charge in [-0.2, -0.15) is 0 Å². The Labute approximate surface area is 115 Å². The normalized spacial score (nSPS) is 10.9. The highest BCUT2D eigenvalue weighted by Crippen LogP contribution is 2.25. The zero-order valence-corrected chi connectivity index (χ0v) is 11.2. The minimum absolute atomic E-state index is 0.126. The smallest absolute Gasteiger partial charge is 0.228 e. The van der Waals surface area contributed by atoms with Gasteiger partial charge in [-0.25, -0.2) is 4.39 Å². The highest BCUT2D eigenvalue weighted by molar-refractivity contribution is 6.09. The van der Waals surface area contributed by atoms with Crippen LogP contribution < -0.4 is 0 Å². The van der Waals surface area contributed by atoms with Crippen LogP contribution in [-0.4, -0.2) is 5.78 Å². The zero-order valence-electron chi connectivity index (χ0n) is 11.2. The number of carbonyl (C=O) groups is 1. The summed E-state index contributed by atoms with van der Waals surface area (Å²) < 4.78 is 19.0. The number of furan rings is 1. The Morgan fingerprint density at radius 3 is 2.65 bits per heavy atom. The molecule has 0 saturated carbocycles. The van der Waals surface area contributed by atoms with Crippen molar-refractivity contribution in [3.8, 4) is 0 Å². The molecule has 0 aliphatic carbocycles. The zero-order chi connectivity index (χ0) is 14.3. The van der Waals surface area contributed by atoms with Crippen LogP contribution in [-0.2, 0) is 0 Å². The molecule has 0 aliphatic heterocycles. The lowest BCUT2D eigenvalue weighted by atomic mass is 10.0. The molecule has 0 N–H and O–H groups in total. The van der Waals surface area contributed by atoms with Crippen molar-refractivity contribution in [2.75, 3.05) is 0 Å². The number of rotatable bonds is 2. The molecule has 0 amide bonds. The molecule has 0 fully saturated rings. The summed E-state index contributed by atoms with van der Waals surface area (Å²) in [6.45, 7) is 3.80. The van der Waals surface area contributed by atoms with Gasteiger partial charge in [-0.15, -0.1) is 0 Å². The molecule has 0 unspecified atom stereocenters. The highest BCUT2D eigenvalue weighted by Gasteiger charge is 2.18. The van der Waals surface area contributed by atoms with Gasteiger partial charge in [-0.3, -0.25) is 4.79 Å². The lowest BCUT2D eigenvalue weighted by Gasteiger charge is -2.03. The number of hydrogen-bond donors (Lipinski definition) is 0. The molecular weight excluding hydrogens is 255 g/mol. The van der Waals surface area contributed by atoms with Gasteiger partial charge in [0.25, 0.3) is 0 Å². The van der Waals surface area contributed by atoms with Gasteiger partial charge >= 0.3 is 0 Å². The van der Waals surface area contributed by atoms with Crippen molar-refractivity contribution in [3.63, 3.8) is 0 Å². The minimum atomic E-state index is -0.456. The van der Waals surface area contributed by atoms with Gasteiger partial charge in [0.05, 0.1) is 0 Å². The summed E-state index contributed by atoms with van der Waals surface area (Å²) in [4.78, 5) is 12.5. The quantitative estimate of drug-likeness (QED) is 0.644. The van der Waals surface area contributed by atoms with Crippen molar-refractivity contribution in [2.45, 2.75) is 13.8 Å². The topological polar surface area (TPSA) is 30.2 Å². The van der Waals surface area contributed by atoms with Crippen LogP contribution in [0.5, 0.6) is 0 Å². The predicted octanol–water partition coefficient (Wildman–Crippen LogP) is 4.42. The van der Waals surface area contributed by atoms with Gasteiger partial charge in [0.1, 0.15) is 0 Å². The van der Waals surface area contributed by atoms with Gasteiger partial charge in [-0.1, -0.05) is 29.8 Å². The van der Waals surface area contributed by atoms with Crippen molar-refractivity contribution in [2.24, 2.45) is 0 Å². The first-order valence-electron chi connectivity index (χ1n) is 6.36. The second-order valence-corrected chi connectivity index (χ2v) is 4.92. The van der Waals surface area contributed by atoms with Crippen molar-refractivity contribution >= 4 is 16.8 Å². The van der Waals surface area contributed by atoms with Crippen LogP contribution in [0.4, 0.5) is 4.39 Å². The molecule has 100 valence electrons. The van der Waals surface area contributed by atoms with Gasteiger partial charge < -0.3 is 4.42 Å². The SMILES string of the molecule is Cc1ccc(C)c(C(=O)c2cc3cccc(F)c3o2)c1. The summed E-state index contributed by atoms with van der Waals surface area (Å²) in [5.74, 6) is -0.511. The average Bonchev–Trinajstić information content (AvgIpc) is 2.86. The maximum absolute atomic E-state index is 13.6. The summed E-state index contributed by atoms with van der Waals surface area (Å²) in [6.07, 6.45) is 0. The predicted molar refractivity (Wildman–Crippen MR) is 75.5 cm³/mol. The Morgan fingerprint density at radius 2 is 1.90 bits per heavy atom. The minimum Gasteiger partial charge on any atom is -0.449 e. The number of halogens is 1. The molecule has 2 aromatic carbocycles. The standard InChI is InChI=1S/C17H13FO2/c1-10-6-7-11(2)13(8-10)16(19)15-9-12-4-3-5-14(18)17(12)20-15/h3-9H,1-2H3. The van der Waals surface area contributed by atoms with E-state index in [2.05, 4.69) is 0 Å². The fourth-order valence-corrected chi connectivity index (χ4v) is 2.25. The van der Waals surface area contributed by atoms with E-state index in [4.69, 9.17) is 4.42 Å². The van der Waals surface area contributed by atoms with E-state index in [1.807, 2.05) is 32.0 Å². The maximum atomic E-state index is 13.6. The Morgan fingerprint density at radius 1 is 1.10 bits per heavy atom. The number of fused-ring (bicyclic) bond motifs is 1. The average molecular weight is 268 g/mol. The third kappa shape index (κ3) is 2.01. The lowest BCUT2D eigenvalue weighted by Crippen LogP contribution is -2.02. The molecule has 0 radical (unpaired) electrons. The van der Waals surface area contributed by atoms with E-state index in [9.17, 15) is 9.18 Å². The molecule has 3 heteroatoms. The first kappa shape index (κ1) is 12.6. The van der Waals surface area contributed by atoms with Crippen molar-refractivity contribution in [3.05, 3.63) is 70.7 Å². The molecule has 0 spiro atoms. The first-order valence-corrected chi connectivity index (χ1v) is 6.36. The molecule has 0 aliphatic rings. The number of carbonyl (C=O) groups excluding carboxylic acids is 1. The summed E-state index contributed by atoms with van der Waals surface area (Å²) in [6, 6.07) is 11.9. The van der Waals surface area contributed by atoms with Crippen molar-refractivity contribution in [1.29, 1.82) is 0 Å². The van der Waals surface area contributed by atoms with Gasteiger partial charge in [0.15, 0.2) is 17.2 Å². The molecule has 3 rings (SSSR count). The molecule has 1 aromatic heterocycles. The summed E-state index contributed by atoms with van der Waals surface area (Å²) in [5.41, 5.74) is 2.59. The molecule has 2 nitrogen and oxygen atoms in total. The molecule has 0 atom stereocenters. The summed E-state index contributed by atoms with van der Waals surface area (Å²) in [5, 5.41) is 0.596. The van der Waals surface area contributed by atoms with E-state index in [-0.39, 0.29) is 17.1 Å². The fraction of sp³-hybridized carbons (Fsp3) is 0.118. The summed E-state index contributed by atoms with van der Waals surface area (Å²) in [7, 11) is 0. The number of aryl methyl sites for hydroxylation is 2. The number of para-hydroxylation sites is 1. The van der Waals surface area contributed by atoms with Crippen LogP contribution in [0.25, 0.3) is 11.0 Å². The first-order chi connectivity index (χ1) is 9.56. The van der Waals surface area contributed by atoms with Gasteiger partial charge in [0, 0.05) is 10.9 Å². The van der Waals surface area contributed by atoms with E-state index < -0.39 is 5.82 Å². The van der Waals surface area contributed by atoms with Crippen LogP contribution in [0.1, 0.15) is 27.2 Å². The lowest BCUT2D eigenvalue weighted by molar-refractivity contribution is 0.101. The van der Waals surface area contributed by atoms with Gasteiger partial charge in [-0.05, 0) is 37.6 Å². The monoisotopic (exact) mass is 268 g/mol. The fourth-order valence-electron chi connectivity index (χ4n) is 2.25. The second kappa shape index (κ2) is 4.60. The number of benzene rings is 2. The van der Waals surface area contributed by atoms with Crippen LogP contribution in [0, 0.1) is 19.7 Å². The second-order valence-electron chi connectivity index (χ2n) is 4.92. The Hall–Kier alpha value is -2.42. The Kier molecular flexibility index (Phi) is 2.90. The van der Waals surface area contributed by atoms with Crippen LogP contribution >= 0.6 is 0 Å². The third-order valence-corrected chi connectivity index (χ3v) is 3.36. The van der Waals surface area contributed by atoms with E-state index in [1.165, 1.54) is 6.07 Å². The molecule has 1 heterocycles. The molecule has 3 aromatic rings. The number of ketones is 1. The molecular formula is C17H13FO2. The van der Waals surface area contributed by atoms with Crippen LogP contribution in [0.15, 0.2) is 46.9 Å². The van der Waals surface area contributed by atoms with Crippen molar-refractivity contribution < 1.29 is 13.6 Å². The van der Waals surface area contributed by atoms with Gasteiger partial charge in [0.2, 0.25) is 5.78 Å². The van der Waals surface area contributed by atoms with E-state index in [0.29, 0.717) is 10.9 Å². The summed E-state index contributed by atoms with van der Waals surface area (Å²) >= 11 is 0.